The number of benzene rings is 1. The minimum atomic E-state index is -0.251. The summed E-state index contributed by atoms with van der Waals surface area (Å²) in [6, 6.07) is 10.4. The molecule has 1 N–H and O–H groups in total. The summed E-state index contributed by atoms with van der Waals surface area (Å²) in [4.78, 5) is 25.7. The average Bonchev–Trinajstić information content (AvgIpc) is 3.13. The summed E-state index contributed by atoms with van der Waals surface area (Å²) in [6.45, 7) is 1.25. The van der Waals surface area contributed by atoms with Gasteiger partial charge in [0.25, 0.3) is 5.91 Å². The Balaban J connectivity index is 1.60. The zero-order valence-electron chi connectivity index (χ0n) is 14.2. The van der Waals surface area contributed by atoms with Crippen molar-refractivity contribution in [2.75, 3.05) is 13.1 Å². The van der Waals surface area contributed by atoms with E-state index in [4.69, 9.17) is 10.5 Å². The van der Waals surface area contributed by atoms with E-state index in [0.29, 0.717) is 30.6 Å². The van der Waals surface area contributed by atoms with Crippen LogP contribution >= 0.6 is 0 Å². The first kappa shape index (κ1) is 18.5. The predicted octanol–water partition coefficient (Wildman–Crippen LogP) is 2.36. The van der Waals surface area contributed by atoms with Gasteiger partial charge in [-0.15, -0.1) is 0 Å². The second-order valence-corrected chi connectivity index (χ2v) is 6.13. The topological polar surface area (TPSA) is 97.0 Å². The van der Waals surface area contributed by atoms with Crippen LogP contribution in [0, 0.1) is 22.7 Å². The average molecular weight is 338 g/mol. The molecule has 2 rings (SSSR count). The molecular weight excluding hydrogens is 316 g/mol. The molecule has 0 aliphatic carbocycles. The molecule has 130 valence electrons. The first-order chi connectivity index (χ1) is 12.2. The van der Waals surface area contributed by atoms with Crippen LogP contribution in [0.3, 0.4) is 0 Å². The highest BCUT2D eigenvalue weighted by Gasteiger charge is 2.27. The summed E-state index contributed by atoms with van der Waals surface area (Å²) >= 11 is 0. The molecule has 0 radical (unpaired) electrons. The van der Waals surface area contributed by atoms with Gasteiger partial charge in [0.15, 0.2) is 0 Å². The van der Waals surface area contributed by atoms with Crippen LogP contribution in [0.5, 0.6) is 0 Å². The van der Waals surface area contributed by atoms with Gasteiger partial charge in [-0.3, -0.25) is 9.59 Å². The third-order valence-electron chi connectivity index (χ3n) is 4.35. The number of hydrogen-bond acceptors (Lipinski definition) is 4. The molecule has 1 aromatic rings. The van der Waals surface area contributed by atoms with Crippen LogP contribution < -0.4 is 5.32 Å². The lowest BCUT2D eigenvalue weighted by molar-refractivity contribution is -0.131. The Kier molecular flexibility index (Phi) is 6.98. The molecule has 0 saturated carbocycles. The van der Waals surface area contributed by atoms with E-state index in [0.717, 1.165) is 32.1 Å². The van der Waals surface area contributed by atoms with Gasteiger partial charge in [-0.1, -0.05) is 6.42 Å². The molecule has 0 unspecified atom stereocenters. The van der Waals surface area contributed by atoms with Gasteiger partial charge in [-0.05, 0) is 49.9 Å². The van der Waals surface area contributed by atoms with Gasteiger partial charge in [0.05, 0.1) is 17.7 Å². The fourth-order valence-electron chi connectivity index (χ4n) is 2.92. The number of nitrogens with one attached hydrogen (secondary N) is 1. The highest BCUT2D eigenvalue weighted by Crippen LogP contribution is 2.18. The Morgan fingerprint density at radius 1 is 1.16 bits per heavy atom. The lowest BCUT2D eigenvalue weighted by atomic mass is 10.1. The molecule has 1 saturated heterocycles. The number of nitrogens with zero attached hydrogens (tertiary/aromatic N) is 3. The van der Waals surface area contributed by atoms with Crippen LogP contribution in [0.1, 0.15) is 54.4 Å². The van der Waals surface area contributed by atoms with Crippen molar-refractivity contribution in [2.24, 2.45) is 0 Å². The Labute approximate surface area is 148 Å². The van der Waals surface area contributed by atoms with Crippen LogP contribution in [-0.4, -0.2) is 35.8 Å². The van der Waals surface area contributed by atoms with E-state index in [1.54, 1.807) is 29.2 Å². The number of carbonyl (C=O) groups excluding carboxylic acids is 2. The molecule has 1 heterocycles. The molecular formula is C19H22N4O2. The lowest BCUT2D eigenvalue weighted by Gasteiger charge is -2.19. The number of nitriles is 2. The third-order valence-corrected chi connectivity index (χ3v) is 4.35. The monoisotopic (exact) mass is 338 g/mol. The first-order valence-electron chi connectivity index (χ1n) is 8.63. The van der Waals surface area contributed by atoms with E-state index >= 15 is 0 Å². The molecule has 2 amide bonds. The highest BCUT2D eigenvalue weighted by atomic mass is 16.2. The number of likely N-dealkylation sites (tertiary alicyclic amines) is 1. The van der Waals surface area contributed by atoms with Crippen LogP contribution in [0.25, 0.3) is 0 Å². The zero-order valence-corrected chi connectivity index (χ0v) is 14.2. The number of unbranched alkanes of at least 4 members (excludes halogenated alkanes) is 2. The number of amides is 2. The molecule has 0 bridgehead atoms. The molecule has 25 heavy (non-hydrogen) atoms. The van der Waals surface area contributed by atoms with Gasteiger partial charge in [0.1, 0.15) is 6.04 Å². The van der Waals surface area contributed by atoms with Gasteiger partial charge in [0.2, 0.25) is 5.91 Å². The molecule has 0 spiro atoms. The zero-order chi connectivity index (χ0) is 18.1. The maximum absolute atomic E-state index is 12.1. The predicted molar refractivity (Wildman–Crippen MR) is 92.3 cm³/mol. The van der Waals surface area contributed by atoms with Gasteiger partial charge < -0.3 is 10.2 Å². The van der Waals surface area contributed by atoms with Crippen LogP contribution in [0.15, 0.2) is 24.3 Å². The molecule has 1 aromatic carbocycles. The van der Waals surface area contributed by atoms with E-state index in [2.05, 4.69) is 11.4 Å². The van der Waals surface area contributed by atoms with E-state index in [9.17, 15) is 9.59 Å². The molecule has 1 aliphatic heterocycles. The van der Waals surface area contributed by atoms with Gasteiger partial charge in [0, 0.05) is 25.1 Å². The Hall–Kier alpha value is -2.86. The Morgan fingerprint density at radius 3 is 2.60 bits per heavy atom. The quantitative estimate of drug-likeness (QED) is 0.772. The number of carbonyl (C=O) groups is 2. The van der Waals surface area contributed by atoms with Crippen LogP contribution in [-0.2, 0) is 4.79 Å². The largest absolute Gasteiger partial charge is 0.352 e. The summed E-state index contributed by atoms with van der Waals surface area (Å²) in [5, 5.41) is 20.6. The SMILES string of the molecule is N#Cc1ccc(C(=O)NCCCCCC(=O)N2CCC[C@H]2C#N)cc1. The summed E-state index contributed by atoms with van der Waals surface area (Å²) in [6.07, 6.45) is 4.57. The van der Waals surface area contributed by atoms with E-state index in [1.807, 2.05) is 6.07 Å². The molecule has 1 aliphatic rings. The van der Waals surface area contributed by atoms with Crippen LogP contribution in [0.4, 0.5) is 0 Å². The molecule has 6 nitrogen and oxygen atoms in total. The maximum atomic E-state index is 12.1. The minimum Gasteiger partial charge on any atom is -0.352 e. The van der Waals surface area contributed by atoms with E-state index in [-0.39, 0.29) is 17.9 Å². The van der Waals surface area contributed by atoms with Crippen molar-refractivity contribution in [1.82, 2.24) is 10.2 Å². The highest BCUT2D eigenvalue weighted by molar-refractivity contribution is 5.94. The fourth-order valence-corrected chi connectivity index (χ4v) is 2.92. The number of hydrogen-bond donors (Lipinski definition) is 1. The summed E-state index contributed by atoms with van der Waals surface area (Å²) in [7, 11) is 0. The van der Waals surface area contributed by atoms with Crippen molar-refractivity contribution >= 4 is 11.8 Å². The molecule has 1 fully saturated rings. The van der Waals surface area contributed by atoms with Crippen LogP contribution in [0.2, 0.25) is 0 Å². The summed E-state index contributed by atoms with van der Waals surface area (Å²) in [5.41, 5.74) is 1.06. The summed E-state index contributed by atoms with van der Waals surface area (Å²) < 4.78 is 0. The minimum absolute atomic E-state index is 0.0608. The van der Waals surface area contributed by atoms with Gasteiger partial charge in [-0.25, -0.2) is 0 Å². The van der Waals surface area contributed by atoms with E-state index in [1.165, 1.54) is 0 Å². The fraction of sp³-hybridized carbons (Fsp3) is 0.474. The second kappa shape index (κ2) is 9.44. The van der Waals surface area contributed by atoms with Crippen molar-refractivity contribution in [1.29, 1.82) is 10.5 Å². The van der Waals surface area contributed by atoms with Crippen molar-refractivity contribution in [3.8, 4) is 12.1 Å². The van der Waals surface area contributed by atoms with Gasteiger partial charge in [-0.2, -0.15) is 10.5 Å². The maximum Gasteiger partial charge on any atom is 0.251 e. The second-order valence-electron chi connectivity index (χ2n) is 6.13. The Bertz CT molecular complexity index is 685. The van der Waals surface area contributed by atoms with Crippen molar-refractivity contribution in [3.05, 3.63) is 35.4 Å². The van der Waals surface area contributed by atoms with Crippen molar-refractivity contribution < 1.29 is 9.59 Å². The van der Waals surface area contributed by atoms with Gasteiger partial charge >= 0.3 is 0 Å². The molecule has 6 heteroatoms. The third kappa shape index (κ3) is 5.32. The smallest absolute Gasteiger partial charge is 0.251 e. The lowest BCUT2D eigenvalue weighted by Crippen LogP contribution is -2.34. The van der Waals surface area contributed by atoms with Crippen molar-refractivity contribution in [2.45, 2.75) is 44.6 Å². The van der Waals surface area contributed by atoms with E-state index < -0.39 is 0 Å². The van der Waals surface area contributed by atoms with Crippen molar-refractivity contribution in [3.63, 3.8) is 0 Å². The standard InChI is InChI=1S/C19H22N4O2/c20-13-15-7-9-16(10-8-15)19(25)22-11-3-1-2-6-18(24)23-12-4-5-17(23)14-21/h7-10,17H,1-6,11-12H2,(H,22,25)/t17-/m0/s1. The number of rotatable bonds is 7. The normalized spacial score (nSPS) is 16.1. The first-order valence-corrected chi connectivity index (χ1v) is 8.63. The molecule has 0 aromatic heterocycles. The molecule has 1 atom stereocenters. The summed E-state index contributed by atoms with van der Waals surface area (Å²) in [5.74, 6) is -0.0971. The Morgan fingerprint density at radius 2 is 1.92 bits per heavy atom.